The van der Waals surface area contributed by atoms with E-state index in [1.807, 2.05) is 6.92 Å². The quantitative estimate of drug-likeness (QED) is 0.656. The second kappa shape index (κ2) is 5.38. The van der Waals surface area contributed by atoms with E-state index in [2.05, 4.69) is 6.92 Å². The molecule has 13 heavy (non-hydrogen) atoms. The lowest BCUT2D eigenvalue weighted by Crippen LogP contribution is -2.17. The summed E-state index contributed by atoms with van der Waals surface area (Å²) in [5.41, 5.74) is 0. The fourth-order valence-corrected chi connectivity index (χ4v) is 2.06. The first-order valence-electron chi connectivity index (χ1n) is 5.38. The van der Waals surface area contributed by atoms with Crippen LogP contribution in [0.15, 0.2) is 0 Å². The number of carbonyl (C=O) groups is 1. The van der Waals surface area contributed by atoms with Crippen molar-refractivity contribution in [1.82, 2.24) is 0 Å². The minimum atomic E-state index is 0.302. The van der Waals surface area contributed by atoms with Crippen molar-refractivity contribution in [3.63, 3.8) is 0 Å². The van der Waals surface area contributed by atoms with Crippen LogP contribution in [0.4, 0.5) is 0 Å². The van der Waals surface area contributed by atoms with Gasteiger partial charge in [0, 0.05) is 12.5 Å². The minimum Gasteiger partial charge on any atom is -0.374 e. The first-order valence-corrected chi connectivity index (χ1v) is 5.38. The Labute approximate surface area is 80.7 Å². The molecule has 0 heterocycles. The molecule has 2 heteroatoms. The van der Waals surface area contributed by atoms with E-state index in [0.29, 0.717) is 24.9 Å². The molecule has 1 saturated carbocycles. The molecule has 0 aliphatic heterocycles. The highest BCUT2D eigenvalue weighted by atomic mass is 16.5. The maximum atomic E-state index is 11.5. The molecular weight excluding hydrogens is 164 g/mol. The van der Waals surface area contributed by atoms with Crippen LogP contribution in [0, 0.1) is 11.8 Å². The molecule has 76 valence electrons. The first kappa shape index (κ1) is 10.7. The molecule has 0 aromatic rings. The van der Waals surface area contributed by atoms with Crippen molar-refractivity contribution in [1.29, 1.82) is 0 Å². The van der Waals surface area contributed by atoms with Gasteiger partial charge in [-0.05, 0) is 32.1 Å². The van der Waals surface area contributed by atoms with Gasteiger partial charge in [0.2, 0.25) is 0 Å². The Kier molecular flexibility index (Phi) is 4.43. The highest BCUT2D eigenvalue weighted by Gasteiger charge is 2.28. The fourth-order valence-electron chi connectivity index (χ4n) is 2.06. The molecule has 0 amide bonds. The van der Waals surface area contributed by atoms with Gasteiger partial charge in [0.15, 0.2) is 5.78 Å². The predicted molar refractivity (Wildman–Crippen MR) is 52.6 cm³/mol. The van der Waals surface area contributed by atoms with Gasteiger partial charge in [0.25, 0.3) is 0 Å². The molecule has 0 saturated heterocycles. The molecule has 1 fully saturated rings. The summed E-state index contributed by atoms with van der Waals surface area (Å²) >= 11 is 0. The topological polar surface area (TPSA) is 26.3 Å². The van der Waals surface area contributed by atoms with Crippen molar-refractivity contribution in [2.45, 2.75) is 39.5 Å². The minimum absolute atomic E-state index is 0.302. The van der Waals surface area contributed by atoms with Crippen LogP contribution in [0.3, 0.4) is 0 Å². The van der Waals surface area contributed by atoms with Gasteiger partial charge in [-0.15, -0.1) is 0 Å². The van der Waals surface area contributed by atoms with E-state index in [1.54, 1.807) is 0 Å². The van der Waals surface area contributed by atoms with Gasteiger partial charge in [0.1, 0.15) is 6.61 Å². The van der Waals surface area contributed by atoms with Gasteiger partial charge >= 0.3 is 0 Å². The van der Waals surface area contributed by atoms with Crippen LogP contribution in [0.5, 0.6) is 0 Å². The highest BCUT2D eigenvalue weighted by molar-refractivity contribution is 5.82. The predicted octanol–water partition coefficient (Wildman–Crippen LogP) is 2.42. The van der Waals surface area contributed by atoms with E-state index in [1.165, 1.54) is 12.8 Å². The fraction of sp³-hybridized carbons (Fsp3) is 0.909. The van der Waals surface area contributed by atoms with E-state index in [-0.39, 0.29) is 0 Å². The zero-order chi connectivity index (χ0) is 9.68. The Hall–Kier alpha value is -0.370. The van der Waals surface area contributed by atoms with E-state index in [9.17, 15) is 4.79 Å². The van der Waals surface area contributed by atoms with Crippen LogP contribution < -0.4 is 0 Å². The lowest BCUT2D eigenvalue weighted by Gasteiger charge is -2.08. The van der Waals surface area contributed by atoms with Crippen LogP contribution in [0.25, 0.3) is 0 Å². The summed E-state index contributed by atoms with van der Waals surface area (Å²) in [5, 5.41) is 0. The zero-order valence-corrected chi connectivity index (χ0v) is 8.71. The Morgan fingerprint density at radius 3 is 2.69 bits per heavy atom. The number of ketones is 1. The van der Waals surface area contributed by atoms with E-state index in [0.717, 1.165) is 18.8 Å². The average molecular weight is 184 g/mol. The number of ether oxygens (including phenoxy) is 1. The summed E-state index contributed by atoms with van der Waals surface area (Å²) in [6.45, 7) is 5.12. The summed E-state index contributed by atoms with van der Waals surface area (Å²) in [7, 11) is 0. The maximum absolute atomic E-state index is 11.5. The van der Waals surface area contributed by atoms with Crippen molar-refractivity contribution >= 4 is 5.78 Å². The third-order valence-corrected chi connectivity index (χ3v) is 3.02. The molecule has 0 radical (unpaired) electrons. The molecule has 0 N–H and O–H groups in total. The molecule has 2 nitrogen and oxygen atoms in total. The Bertz CT molecular complexity index is 165. The Balaban J connectivity index is 2.25. The Morgan fingerprint density at radius 1 is 1.38 bits per heavy atom. The summed E-state index contributed by atoms with van der Waals surface area (Å²) in [4.78, 5) is 11.5. The van der Waals surface area contributed by atoms with Crippen molar-refractivity contribution < 1.29 is 9.53 Å². The first-order chi connectivity index (χ1) is 6.27. The van der Waals surface area contributed by atoms with Gasteiger partial charge in [-0.3, -0.25) is 4.79 Å². The number of rotatable bonds is 5. The molecule has 1 rings (SSSR count). The van der Waals surface area contributed by atoms with Crippen LogP contribution >= 0.6 is 0 Å². The number of Topliss-reactive ketones (excluding diaryl/α,β-unsaturated/α-hetero) is 1. The van der Waals surface area contributed by atoms with Gasteiger partial charge in [0.05, 0.1) is 0 Å². The average Bonchev–Trinajstić information content (AvgIpc) is 2.62. The molecule has 0 spiro atoms. The van der Waals surface area contributed by atoms with Gasteiger partial charge in [-0.25, -0.2) is 0 Å². The molecule has 1 aliphatic rings. The lowest BCUT2D eigenvalue weighted by atomic mass is 10.00. The second-order valence-electron chi connectivity index (χ2n) is 3.89. The van der Waals surface area contributed by atoms with Crippen LogP contribution in [0.2, 0.25) is 0 Å². The smallest absolute Gasteiger partial charge is 0.161 e. The summed E-state index contributed by atoms with van der Waals surface area (Å²) in [5.74, 6) is 1.41. The standard InChI is InChI=1S/C11H20O2/c1-3-9-5-6-10(7-9)11(12)8-13-4-2/h9-10H,3-8H2,1-2H3. The van der Waals surface area contributed by atoms with Crippen molar-refractivity contribution in [3.05, 3.63) is 0 Å². The number of carbonyl (C=O) groups excluding carboxylic acids is 1. The Morgan fingerprint density at radius 2 is 2.15 bits per heavy atom. The summed E-state index contributed by atoms with van der Waals surface area (Å²) in [6.07, 6.45) is 4.64. The largest absolute Gasteiger partial charge is 0.374 e. The molecule has 0 aromatic heterocycles. The molecule has 2 atom stereocenters. The van der Waals surface area contributed by atoms with Gasteiger partial charge in [-0.1, -0.05) is 13.3 Å². The van der Waals surface area contributed by atoms with Crippen LogP contribution in [0.1, 0.15) is 39.5 Å². The van der Waals surface area contributed by atoms with E-state index in [4.69, 9.17) is 4.74 Å². The van der Waals surface area contributed by atoms with E-state index >= 15 is 0 Å². The van der Waals surface area contributed by atoms with Gasteiger partial charge < -0.3 is 4.74 Å². The SMILES string of the molecule is CCOCC(=O)C1CCC(CC)C1. The molecule has 0 aromatic carbocycles. The maximum Gasteiger partial charge on any atom is 0.161 e. The molecule has 2 unspecified atom stereocenters. The van der Waals surface area contributed by atoms with Gasteiger partial charge in [-0.2, -0.15) is 0 Å². The third-order valence-electron chi connectivity index (χ3n) is 3.02. The zero-order valence-electron chi connectivity index (χ0n) is 8.71. The van der Waals surface area contributed by atoms with Crippen LogP contribution in [-0.4, -0.2) is 19.0 Å². The third kappa shape index (κ3) is 3.11. The monoisotopic (exact) mass is 184 g/mol. The van der Waals surface area contributed by atoms with Crippen molar-refractivity contribution in [2.75, 3.05) is 13.2 Å². The lowest BCUT2D eigenvalue weighted by molar-refractivity contribution is -0.127. The second-order valence-corrected chi connectivity index (χ2v) is 3.89. The van der Waals surface area contributed by atoms with Crippen molar-refractivity contribution in [3.8, 4) is 0 Å². The molecule has 0 bridgehead atoms. The summed E-state index contributed by atoms with van der Waals surface area (Å²) < 4.78 is 5.13. The normalized spacial score (nSPS) is 27.8. The number of hydrogen-bond donors (Lipinski definition) is 0. The molecule has 1 aliphatic carbocycles. The summed E-state index contributed by atoms with van der Waals surface area (Å²) in [6, 6.07) is 0. The molecular formula is C11H20O2. The van der Waals surface area contributed by atoms with Crippen LogP contribution in [-0.2, 0) is 9.53 Å². The van der Waals surface area contributed by atoms with E-state index < -0.39 is 0 Å². The highest BCUT2D eigenvalue weighted by Crippen LogP contribution is 2.33. The van der Waals surface area contributed by atoms with Crippen molar-refractivity contribution in [2.24, 2.45) is 11.8 Å². The number of hydrogen-bond acceptors (Lipinski definition) is 2.